The first-order valence-corrected chi connectivity index (χ1v) is 9.46. The fourth-order valence-electron chi connectivity index (χ4n) is 3.20. The van der Waals surface area contributed by atoms with Crippen LogP contribution in [0.4, 0.5) is 4.79 Å². The van der Waals surface area contributed by atoms with Crippen LogP contribution >= 0.6 is 0 Å². The van der Waals surface area contributed by atoms with Gasteiger partial charge in [0.1, 0.15) is 5.60 Å². The van der Waals surface area contributed by atoms with Crippen molar-refractivity contribution in [3.63, 3.8) is 0 Å². The molecule has 0 aliphatic carbocycles. The van der Waals surface area contributed by atoms with Gasteiger partial charge in [-0.15, -0.1) is 0 Å². The summed E-state index contributed by atoms with van der Waals surface area (Å²) in [6.45, 7) is 11.0. The standard InChI is InChI=1S/C18H29N5O4/c1-18(2,3)27-17(25)23-6-4-14-13(12-23)15(21-20-14)16(24)19-5-7-22-8-10-26-11-9-22/h4-12H2,1-3H3,(H,19,24)(H,20,21). The molecule has 1 aromatic heterocycles. The van der Waals surface area contributed by atoms with Crippen LogP contribution in [-0.2, 0) is 22.4 Å². The molecule has 3 heterocycles. The lowest BCUT2D eigenvalue weighted by Crippen LogP contribution is -2.42. The highest BCUT2D eigenvalue weighted by Gasteiger charge is 2.30. The van der Waals surface area contributed by atoms with Crippen molar-refractivity contribution in [2.75, 3.05) is 45.9 Å². The quantitative estimate of drug-likeness (QED) is 0.801. The molecule has 2 aliphatic rings. The van der Waals surface area contributed by atoms with Gasteiger partial charge in [-0.05, 0) is 20.8 Å². The summed E-state index contributed by atoms with van der Waals surface area (Å²) in [6.07, 6.45) is 0.260. The summed E-state index contributed by atoms with van der Waals surface area (Å²) in [4.78, 5) is 28.8. The number of H-pyrrole nitrogens is 1. The lowest BCUT2D eigenvalue weighted by molar-refractivity contribution is 0.0222. The third kappa shape index (κ3) is 5.20. The molecule has 1 aromatic rings. The van der Waals surface area contributed by atoms with Crippen LogP contribution in [0.25, 0.3) is 0 Å². The molecule has 0 atom stereocenters. The summed E-state index contributed by atoms with van der Waals surface area (Å²) < 4.78 is 10.8. The van der Waals surface area contributed by atoms with Crippen molar-refractivity contribution in [1.82, 2.24) is 25.3 Å². The maximum Gasteiger partial charge on any atom is 0.410 e. The molecule has 3 rings (SSSR count). The highest BCUT2D eigenvalue weighted by Crippen LogP contribution is 2.22. The van der Waals surface area contributed by atoms with Crippen LogP contribution in [0.1, 0.15) is 42.5 Å². The van der Waals surface area contributed by atoms with E-state index < -0.39 is 5.60 Å². The molecule has 0 radical (unpaired) electrons. The van der Waals surface area contributed by atoms with Crippen LogP contribution in [0.5, 0.6) is 0 Å². The van der Waals surface area contributed by atoms with Crippen molar-refractivity contribution in [3.05, 3.63) is 17.0 Å². The molecule has 27 heavy (non-hydrogen) atoms. The highest BCUT2D eigenvalue weighted by molar-refractivity contribution is 5.94. The Morgan fingerprint density at radius 3 is 2.70 bits per heavy atom. The number of aromatic amines is 1. The number of morpholine rings is 1. The zero-order valence-corrected chi connectivity index (χ0v) is 16.3. The van der Waals surface area contributed by atoms with Crippen LogP contribution < -0.4 is 5.32 Å². The highest BCUT2D eigenvalue weighted by atomic mass is 16.6. The van der Waals surface area contributed by atoms with Gasteiger partial charge in [0, 0.05) is 50.4 Å². The van der Waals surface area contributed by atoms with Crippen molar-refractivity contribution in [2.45, 2.75) is 39.3 Å². The van der Waals surface area contributed by atoms with E-state index in [0.717, 1.165) is 44.1 Å². The van der Waals surface area contributed by atoms with E-state index in [2.05, 4.69) is 20.4 Å². The number of fused-ring (bicyclic) bond motifs is 1. The van der Waals surface area contributed by atoms with Crippen LogP contribution in [0.2, 0.25) is 0 Å². The summed E-state index contributed by atoms with van der Waals surface area (Å²) >= 11 is 0. The van der Waals surface area contributed by atoms with Gasteiger partial charge in [-0.3, -0.25) is 14.8 Å². The van der Waals surface area contributed by atoms with Gasteiger partial charge >= 0.3 is 6.09 Å². The zero-order valence-electron chi connectivity index (χ0n) is 16.3. The molecule has 9 heteroatoms. The SMILES string of the molecule is CC(C)(C)OC(=O)N1CCc2[nH]nc(C(=O)NCCN3CCOCC3)c2C1. The van der Waals surface area contributed by atoms with E-state index in [-0.39, 0.29) is 12.0 Å². The minimum absolute atomic E-state index is 0.216. The average molecular weight is 379 g/mol. The Kier molecular flexibility index (Phi) is 6.01. The summed E-state index contributed by atoms with van der Waals surface area (Å²) in [5.41, 5.74) is 1.50. The molecule has 2 aliphatic heterocycles. The lowest BCUT2D eigenvalue weighted by atomic mass is 10.1. The van der Waals surface area contributed by atoms with E-state index in [9.17, 15) is 9.59 Å². The Labute approximate surface area is 159 Å². The Balaban J connectivity index is 1.56. The topological polar surface area (TPSA) is 99.8 Å². The van der Waals surface area contributed by atoms with Gasteiger partial charge in [-0.1, -0.05) is 0 Å². The Morgan fingerprint density at radius 1 is 1.26 bits per heavy atom. The Morgan fingerprint density at radius 2 is 2.00 bits per heavy atom. The maximum absolute atomic E-state index is 12.6. The van der Waals surface area contributed by atoms with Crippen molar-refractivity contribution in [3.8, 4) is 0 Å². The Hall–Kier alpha value is -2.13. The van der Waals surface area contributed by atoms with Crippen molar-refractivity contribution in [1.29, 1.82) is 0 Å². The molecular weight excluding hydrogens is 350 g/mol. The van der Waals surface area contributed by atoms with Crippen molar-refractivity contribution in [2.24, 2.45) is 0 Å². The molecular formula is C18H29N5O4. The van der Waals surface area contributed by atoms with E-state index in [1.54, 1.807) is 4.90 Å². The lowest BCUT2D eigenvalue weighted by Gasteiger charge is -2.30. The van der Waals surface area contributed by atoms with Crippen LogP contribution in [0.3, 0.4) is 0 Å². The summed E-state index contributed by atoms with van der Waals surface area (Å²) in [6, 6.07) is 0. The third-order valence-electron chi connectivity index (χ3n) is 4.62. The minimum atomic E-state index is -0.548. The molecule has 1 fully saturated rings. The molecule has 0 saturated carbocycles. The van der Waals surface area contributed by atoms with E-state index in [4.69, 9.17) is 9.47 Å². The number of nitrogens with one attached hydrogen (secondary N) is 2. The summed E-state index contributed by atoms with van der Waals surface area (Å²) in [5, 5.41) is 10.0. The van der Waals surface area contributed by atoms with Gasteiger partial charge in [-0.25, -0.2) is 4.79 Å². The largest absolute Gasteiger partial charge is 0.444 e. The van der Waals surface area contributed by atoms with E-state index in [1.165, 1.54) is 0 Å². The van der Waals surface area contributed by atoms with E-state index >= 15 is 0 Å². The zero-order chi connectivity index (χ0) is 19.4. The van der Waals surface area contributed by atoms with Gasteiger partial charge in [0.15, 0.2) is 5.69 Å². The smallest absolute Gasteiger partial charge is 0.410 e. The number of carbonyl (C=O) groups is 2. The first kappa shape index (κ1) is 19.6. The number of nitrogens with zero attached hydrogens (tertiary/aromatic N) is 3. The third-order valence-corrected chi connectivity index (χ3v) is 4.62. The van der Waals surface area contributed by atoms with Crippen LogP contribution in [0.15, 0.2) is 0 Å². The van der Waals surface area contributed by atoms with Gasteiger partial charge in [0.05, 0.1) is 19.8 Å². The van der Waals surface area contributed by atoms with E-state index in [1.807, 2.05) is 20.8 Å². The average Bonchev–Trinajstić information content (AvgIpc) is 3.04. The van der Waals surface area contributed by atoms with Gasteiger partial charge in [0.25, 0.3) is 5.91 Å². The number of ether oxygens (including phenoxy) is 2. The molecule has 0 bridgehead atoms. The number of amides is 2. The van der Waals surface area contributed by atoms with Gasteiger partial charge < -0.3 is 19.7 Å². The minimum Gasteiger partial charge on any atom is -0.444 e. The number of hydrogen-bond donors (Lipinski definition) is 2. The summed E-state index contributed by atoms with van der Waals surface area (Å²) in [5.74, 6) is -0.216. The fraction of sp³-hybridized carbons (Fsp3) is 0.722. The molecule has 0 spiro atoms. The molecule has 2 N–H and O–H groups in total. The molecule has 0 aromatic carbocycles. The predicted molar refractivity (Wildman–Crippen MR) is 98.5 cm³/mol. The van der Waals surface area contributed by atoms with Gasteiger partial charge in [0.2, 0.25) is 0 Å². The normalized spacial score (nSPS) is 18.1. The van der Waals surface area contributed by atoms with Crippen molar-refractivity contribution < 1.29 is 19.1 Å². The number of hydrogen-bond acceptors (Lipinski definition) is 6. The number of aromatic nitrogens is 2. The van der Waals surface area contributed by atoms with Crippen LogP contribution in [0, 0.1) is 0 Å². The summed E-state index contributed by atoms with van der Waals surface area (Å²) in [7, 11) is 0. The maximum atomic E-state index is 12.6. The number of carbonyl (C=O) groups excluding carboxylic acids is 2. The molecule has 0 unspecified atom stereocenters. The molecule has 9 nitrogen and oxygen atoms in total. The predicted octanol–water partition coefficient (Wildman–Crippen LogP) is 0.765. The second-order valence-corrected chi connectivity index (χ2v) is 7.89. The Bertz CT molecular complexity index is 676. The molecule has 2 amide bonds. The first-order chi connectivity index (χ1) is 12.8. The second kappa shape index (κ2) is 8.26. The fourth-order valence-corrected chi connectivity index (χ4v) is 3.20. The second-order valence-electron chi connectivity index (χ2n) is 7.89. The van der Waals surface area contributed by atoms with Gasteiger partial charge in [-0.2, -0.15) is 5.10 Å². The molecule has 1 saturated heterocycles. The van der Waals surface area contributed by atoms with E-state index in [0.29, 0.717) is 31.7 Å². The number of rotatable bonds is 4. The van der Waals surface area contributed by atoms with Crippen molar-refractivity contribution >= 4 is 12.0 Å². The first-order valence-electron chi connectivity index (χ1n) is 9.46. The van der Waals surface area contributed by atoms with Crippen LogP contribution in [-0.4, -0.2) is 83.5 Å². The monoisotopic (exact) mass is 379 g/mol. The molecule has 150 valence electrons.